The predicted octanol–water partition coefficient (Wildman–Crippen LogP) is 3.55. The minimum atomic E-state index is -0.00277. The molecule has 1 atom stereocenters. The van der Waals surface area contributed by atoms with Gasteiger partial charge in [-0.3, -0.25) is 4.79 Å². The lowest BCUT2D eigenvalue weighted by Crippen LogP contribution is -2.88. The van der Waals surface area contributed by atoms with Crippen LogP contribution in [-0.4, -0.2) is 12.5 Å². The zero-order chi connectivity index (χ0) is 16.8. The molecule has 0 spiro atoms. The molecule has 0 saturated heterocycles. The van der Waals surface area contributed by atoms with Crippen molar-refractivity contribution in [3.63, 3.8) is 0 Å². The molecule has 4 heteroatoms. The van der Waals surface area contributed by atoms with Crippen molar-refractivity contribution >= 4 is 23.2 Å². The van der Waals surface area contributed by atoms with Gasteiger partial charge < -0.3 is 10.6 Å². The number of hydrogen-bond acceptors (Lipinski definition) is 1. The van der Waals surface area contributed by atoms with Gasteiger partial charge in [-0.1, -0.05) is 55.8 Å². The Balaban J connectivity index is 1.97. The van der Waals surface area contributed by atoms with E-state index in [1.807, 2.05) is 37.3 Å². The molecule has 2 rings (SSSR count). The number of nitrogens with two attached hydrogens (primary N) is 1. The molecule has 0 heterocycles. The summed E-state index contributed by atoms with van der Waals surface area (Å²) in [5, 5.41) is 5.73. The Bertz CT molecular complexity index is 656. The van der Waals surface area contributed by atoms with Crippen molar-refractivity contribution in [3.05, 3.63) is 64.7 Å². The summed E-state index contributed by atoms with van der Waals surface area (Å²) in [6.45, 7) is 6.68. The number of nitrogens with one attached hydrogen (secondary N) is 1. The maximum atomic E-state index is 12.2. The topological polar surface area (TPSA) is 45.7 Å². The summed E-state index contributed by atoms with van der Waals surface area (Å²) in [7, 11) is 0. The highest BCUT2D eigenvalue weighted by Gasteiger charge is 2.20. The number of carbonyl (C=O) groups excluding carboxylic acids is 1. The van der Waals surface area contributed by atoms with Crippen LogP contribution in [0, 0.1) is 12.8 Å². The van der Waals surface area contributed by atoms with Gasteiger partial charge in [-0.2, -0.15) is 0 Å². The van der Waals surface area contributed by atoms with Crippen LogP contribution in [0.5, 0.6) is 0 Å². The van der Waals surface area contributed by atoms with Crippen molar-refractivity contribution < 1.29 is 10.1 Å². The Hall–Kier alpha value is -1.84. The fourth-order valence-corrected chi connectivity index (χ4v) is 2.90. The highest BCUT2D eigenvalue weighted by Crippen LogP contribution is 2.19. The van der Waals surface area contributed by atoms with Crippen LogP contribution in [-0.2, 0) is 4.79 Å². The van der Waals surface area contributed by atoms with E-state index < -0.39 is 0 Å². The fourth-order valence-electron chi connectivity index (χ4n) is 2.67. The summed E-state index contributed by atoms with van der Waals surface area (Å²) < 4.78 is 0. The molecule has 0 aromatic heterocycles. The number of halogens is 1. The van der Waals surface area contributed by atoms with Crippen LogP contribution in [0.1, 0.15) is 31.0 Å². The van der Waals surface area contributed by atoms with Crippen molar-refractivity contribution in [1.82, 2.24) is 0 Å². The number of aryl methyl sites for hydroxylation is 1. The maximum Gasteiger partial charge on any atom is 0.279 e. The largest absolute Gasteiger partial charge is 0.332 e. The summed E-state index contributed by atoms with van der Waals surface area (Å²) in [5.41, 5.74) is 3.03. The molecular formula is C19H24ClN2O+. The molecule has 0 aliphatic heterocycles. The monoisotopic (exact) mass is 331 g/mol. The van der Waals surface area contributed by atoms with Gasteiger partial charge >= 0.3 is 0 Å². The Morgan fingerprint density at radius 3 is 2.48 bits per heavy atom. The van der Waals surface area contributed by atoms with Gasteiger partial charge in [0.2, 0.25) is 0 Å². The molecule has 2 aromatic carbocycles. The van der Waals surface area contributed by atoms with Crippen molar-refractivity contribution in [1.29, 1.82) is 0 Å². The van der Waals surface area contributed by atoms with Crippen molar-refractivity contribution in [2.75, 3.05) is 11.9 Å². The molecular weight excluding hydrogens is 308 g/mol. The maximum absolute atomic E-state index is 12.2. The van der Waals surface area contributed by atoms with E-state index in [0.717, 1.165) is 11.3 Å². The lowest BCUT2D eigenvalue weighted by molar-refractivity contribution is -0.692. The van der Waals surface area contributed by atoms with Crippen LogP contribution in [0.25, 0.3) is 0 Å². The lowest BCUT2D eigenvalue weighted by atomic mass is 9.96. The first-order valence-corrected chi connectivity index (χ1v) is 8.29. The SMILES string of the molecule is Cc1cc(Cl)ccc1NC(=O)C[NH2+][C@H](c1ccccc1)C(C)C. The number of hydrogen-bond donors (Lipinski definition) is 2. The van der Waals surface area contributed by atoms with E-state index in [9.17, 15) is 4.79 Å². The summed E-state index contributed by atoms with van der Waals surface area (Å²) >= 11 is 5.94. The molecule has 23 heavy (non-hydrogen) atoms. The van der Waals surface area contributed by atoms with Gasteiger partial charge in [0.05, 0.1) is 0 Å². The Kier molecular flexibility index (Phi) is 6.20. The predicted molar refractivity (Wildman–Crippen MR) is 95.6 cm³/mol. The lowest BCUT2D eigenvalue weighted by Gasteiger charge is -2.19. The molecule has 0 saturated carbocycles. The van der Waals surface area contributed by atoms with E-state index >= 15 is 0 Å². The molecule has 1 amide bonds. The van der Waals surface area contributed by atoms with Crippen LogP contribution in [0.2, 0.25) is 5.02 Å². The zero-order valence-electron chi connectivity index (χ0n) is 13.8. The molecule has 3 N–H and O–H groups in total. The fraction of sp³-hybridized carbons (Fsp3) is 0.316. The van der Waals surface area contributed by atoms with Crippen LogP contribution in [0.3, 0.4) is 0 Å². The van der Waals surface area contributed by atoms with Crippen molar-refractivity contribution in [2.24, 2.45) is 5.92 Å². The van der Waals surface area contributed by atoms with Crippen molar-refractivity contribution in [2.45, 2.75) is 26.8 Å². The first-order valence-electron chi connectivity index (χ1n) is 7.91. The van der Waals surface area contributed by atoms with Crippen LogP contribution >= 0.6 is 11.6 Å². The molecule has 2 aromatic rings. The third-order valence-electron chi connectivity index (χ3n) is 3.92. The number of quaternary nitrogens is 1. The number of carbonyl (C=O) groups is 1. The Labute approximate surface area is 143 Å². The van der Waals surface area contributed by atoms with E-state index in [0.29, 0.717) is 17.5 Å². The molecule has 0 fully saturated rings. The molecule has 0 radical (unpaired) electrons. The van der Waals surface area contributed by atoms with Crippen LogP contribution in [0.4, 0.5) is 5.69 Å². The van der Waals surface area contributed by atoms with Gasteiger partial charge in [-0.15, -0.1) is 0 Å². The molecule has 0 unspecified atom stereocenters. The third kappa shape index (κ3) is 5.08. The van der Waals surface area contributed by atoms with E-state index in [4.69, 9.17) is 11.6 Å². The van der Waals surface area contributed by atoms with Gasteiger partial charge in [0, 0.05) is 22.2 Å². The van der Waals surface area contributed by atoms with Gasteiger partial charge in [-0.05, 0) is 30.7 Å². The van der Waals surface area contributed by atoms with Crippen LogP contribution in [0.15, 0.2) is 48.5 Å². The second kappa shape index (κ2) is 8.14. The van der Waals surface area contributed by atoms with Gasteiger partial charge in [0.25, 0.3) is 5.91 Å². The number of benzene rings is 2. The smallest absolute Gasteiger partial charge is 0.279 e. The molecule has 3 nitrogen and oxygen atoms in total. The first kappa shape index (κ1) is 17.5. The number of amides is 1. The Morgan fingerprint density at radius 2 is 1.87 bits per heavy atom. The molecule has 122 valence electrons. The number of anilines is 1. The second-order valence-corrected chi connectivity index (χ2v) is 6.56. The summed E-state index contributed by atoms with van der Waals surface area (Å²) in [5.74, 6) is 0.444. The highest BCUT2D eigenvalue weighted by atomic mass is 35.5. The van der Waals surface area contributed by atoms with E-state index in [1.165, 1.54) is 5.56 Å². The first-order chi connectivity index (χ1) is 11.0. The summed E-state index contributed by atoms with van der Waals surface area (Å²) in [6.07, 6.45) is 0. The summed E-state index contributed by atoms with van der Waals surface area (Å²) in [4.78, 5) is 12.2. The summed E-state index contributed by atoms with van der Waals surface area (Å²) in [6, 6.07) is 16.1. The molecule has 0 aliphatic carbocycles. The Morgan fingerprint density at radius 1 is 1.17 bits per heavy atom. The van der Waals surface area contributed by atoms with Crippen LogP contribution < -0.4 is 10.6 Å². The van der Waals surface area contributed by atoms with E-state index in [-0.39, 0.29) is 11.9 Å². The van der Waals surface area contributed by atoms with E-state index in [1.54, 1.807) is 6.07 Å². The van der Waals surface area contributed by atoms with Gasteiger partial charge in [-0.25, -0.2) is 0 Å². The quantitative estimate of drug-likeness (QED) is 0.835. The minimum absolute atomic E-state index is 0.00277. The normalized spacial score (nSPS) is 12.2. The average Bonchev–Trinajstić information content (AvgIpc) is 2.51. The average molecular weight is 332 g/mol. The number of rotatable bonds is 6. The van der Waals surface area contributed by atoms with E-state index in [2.05, 4.69) is 36.6 Å². The van der Waals surface area contributed by atoms with Crippen molar-refractivity contribution in [3.8, 4) is 0 Å². The molecule has 0 bridgehead atoms. The molecule has 0 aliphatic rings. The van der Waals surface area contributed by atoms with Gasteiger partial charge in [0.1, 0.15) is 6.04 Å². The minimum Gasteiger partial charge on any atom is -0.332 e. The second-order valence-electron chi connectivity index (χ2n) is 6.13. The standard InChI is InChI=1S/C19H23ClN2O/c1-13(2)19(15-7-5-4-6-8-15)21-12-18(23)22-17-10-9-16(20)11-14(17)3/h4-11,13,19,21H,12H2,1-3H3,(H,22,23)/p+1/t19-/m0/s1. The highest BCUT2D eigenvalue weighted by molar-refractivity contribution is 6.30. The van der Waals surface area contributed by atoms with Gasteiger partial charge in [0.15, 0.2) is 6.54 Å². The zero-order valence-corrected chi connectivity index (χ0v) is 14.6. The third-order valence-corrected chi connectivity index (χ3v) is 4.16.